The van der Waals surface area contributed by atoms with Crippen molar-refractivity contribution >= 4 is 32.6 Å². The van der Waals surface area contributed by atoms with Crippen LogP contribution in [0.25, 0.3) is 83.0 Å². The summed E-state index contributed by atoms with van der Waals surface area (Å²) >= 11 is 0. The number of rotatable bonds is 5. The largest absolute Gasteiger partial charge is 0.292 e. The van der Waals surface area contributed by atoms with Gasteiger partial charge in [0.05, 0.1) is 11.0 Å². The SMILES string of the molecule is c1ccc(-c2ccc(-c3c4ccccc4c(-c4cccc(-n5c(-c6ccccc6)nc6ccccc65)c4)c4ccccc34)cc2)cc1. The summed E-state index contributed by atoms with van der Waals surface area (Å²) in [6.45, 7) is 0. The Bertz CT molecular complexity index is 2490. The van der Waals surface area contributed by atoms with E-state index in [1.807, 2.05) is 0 Å². The Balaban J connectivity index is 1.26. The molecule has 0 aliphatic heterocycles. The van der Waals surface area contributed by atoms with E-state index >= 15 is 0 Å². The molecule has 0 radical (unpaired) electrons. The maximum Gasteiger partial charge on any atom is 0.145 e. The fourth-order valence-electron chi connectivity index (χ4n) is 7.08. The van der Waals surface area contributed by atoms with Gasteiger partial charge in [0.1, 0.15) is 5.82 Å². The first kappa shape index (κ1) is 27.1. The number of aromatic nitrogens is 2. The van der Waals surface area contributed by atoms with E-state index in [9.17, 15) is 0 Å². The van der Waals surface area contributed by atoms with Crippen molar-refractivity contribution in [3.63, 3.8) is 0 Å². The lowest BCUT2D eigenvalue weighted by atomic mass is 9.85. The molecule has 0 unspecified atom stereocenters. The van der Waals surface area contributed by atoms with Gasteiger partial charge in [-0.15, -0.1) is 0 Å². The Kier molecular flexibility index (Phi) is 6.50. The summed E-state index contributed by atoms with van der Waals surface area (Å²) in [6, 6.07) is 65.1. The van der Waals surface area contributed by atoms with Gasteiger partial charge in [-0.1, -0.05) is 158 Å². The van der Waals surface area contributed by atoms with Gasteiger partial charge >= 0.3 is 0 Å². The van der Waals surface area contributed by atoms with Crippen LogP contribution in [0.2, 0.25) is 0 Å². The monoisotopic (exact) mass is 598 g/mol. The molecule has 0 atom stereocenters. The summed E-state index contributed by atoms with van der Waals surface area (Å²) in [5.74, 6) is 0.938. The third kappa shape index (κ3) is 4.62. The zero-order chi connectivity index (χ0) is 31.2. The van der Waals surface area contributed by atoms with Crippen molar-refractivity contribution in [2.24, 2.45) is 0 Å². The van der Waals surface area contributed by atoms with Crippen molar-refractivity contribution < 1.29 is 0 Å². The van der Waals surface area contributed by atoms with Gasteiger partial charge in [0.2, 0.25) is 0 Å². The van der Waals surface area contributed by atoms with Crippen molar-refractivity contribution in [2.45, 2.75) is 0 Å². The Labute approximate surface area is 273 Å². The molecule has 0 saturated heterocycles. The van der Waals surface area contributed by atoms with Crippen molar-refractivity contribution in [1.29, 1.82) is 0 Å². The fraction of sp³-hybridized carbons (Fsp3) is 0. The molecule has 1 heterocycles. The van der Waals surface area contributed by atoms with E-state index < -0.39 is 0 Å². The number of para-hydroxylation sites is 2. The molecule has 0 aliphatic rings. The highest BCUT2D eigenvalue weighted by Gasteiger charge is 2.19. The number of hydrogen-bond donors (Lipinski definition) is 0. The third-order valence-corrected chi connectivity index (χ3v) is 9.20. The molecule has 8 aromatic carbocycles. The van der Waals surface area contributed by atoms with Crippen LogP contribution in [0.3, 0.4) is 0 Å². The second-order valence-corrected chi connectivity index (χ2v) is 12.0. The second-order valence-electron chi connectivity index (χ2n) is 12.0. The number of hydrogen-bond acceptors (Lipinski definition) is 1. The minimum absolute atomic E-state index is 0.938. The first-order chi connectivity index (χ1) is 23.3. The van der Waals surface area contributed by atoms with E-state index in [1.54, 1.807) is 0 Å². The van der Waals surface area contributed by atoms with Crippen LogP contribution < -0.4 is 0 Å². The Hall–Kier alpha value is -6.25. The molecule has 0 saturated carbocycles. The molecule has 0 fully saturated rings. The molecule has 0 bridgehead atoms. The van der Waals surface area contributed by atoms with E-state index in [1.165, 1.54) is 54.9 Å². The molecule has 9 aromatic rings. The summed E-state index contributed by atoms with van der Waals surface area (Å²) in [4.78, 5) is 5.10. The highest BCUT2D eigenvalue weighted by Crippen LogP contribution is 2.44. The van der Waals surface area contributed by atoms with Gasteiger partial charge in [0, 0.05) is 11.3 Å². The lowest BCUT2D eigenvalue weighted by Crippen LogP contribution is -1.98. The predicted molar refractivity (Wildman–Crippen MR) is 198 cm³/mol. The second kappa shape index (κ2) is 11.3. The van der Waals surface area contributed by atoms with Crippen LogP contribution >= 0.6 is 0 Å². The quantitative estimate of drug-likeness (QED) is 0.180. The summed E-state index contributed by atoms with van der Waals surface area (Å²) in [7, 11) is 0. The Morgan fingerprint density at radius 3 is 1.45 bits per heavy atom. The summed E-state index contributed by atoms with van der Waals surface area (Å²) < 4.78 is 2.29. The molecule has 0 N–H and O–H groups in total. The lowest BCUT2D eigenvalue weighted by molar-refractivity contribution is 1.10. The first-order valence-corrected chi connectivity index (χ1v) is 16.1. The van der Waals surface area contributed by atoms with Crippen LogP contribution in [-0.2, 0) is 0 Å². The molecule has 47 heavy (non-hydrogen) atoms. The number of fused-ring (bicyclic) bond motifs is 3. The van der Waals surface area contributed by atoms with E-state index in [2.05, 4.69) is 187 Å². The van der Waals surface area contributed by atoms with Crippen molar-refractivity contribution in [3.8, 4) is 50.5 Å². The van der Waals surface area contributed by atoms with Gasteiger partial charge in [0.25, 0.3) is 0 Å². The van der Waals surface area contributed by atoms with Crippen LogP contribution in [0.1, 0.15) is 0 Å². The van der Waals surface area contributed by atoms with Gasteiger partial charge < -0.3 is 0 Å². The molecule has 0 aliphatic carbocycles. The zero-order valence-corrected chi connectivity index (χ0v) is 25.7. The van der Waals surface area contributed by atoms with Gasteiger partial charge in [-0.05, 0) is 79.2 Å². The van der Waals surface area contributed by atoms with Gasteiger partial charge in [-0.3, -0.25) is 4.57 Å². The first-order valence-electron chi connectivity index (χ1n) is 16.1. The molecule has 1 aromatic heterocycles. The average Bonchev–Trinajstić information content (AvgIpc) is 3.54. The molecule has 2 heteroatoms. The van der Waals surface area contributed by atoms with E-state index in [0.717, 1.165) is 28.1 Å². The molecule has 0 spiro atoms. The van der Waals surface area contributed by atoms with Crippen molar-refractivity contribution in [2.75, 3.05) is 0 Å². The van der Waals surface area contributed by atoms with Crippen LogP contribution in [0, 0.1) is 0 Å². The normalized spacial score (nSPS) is 11.4. The highest BCUT2D eigenvalue weighted by atomic mass is 15.1. The van der Waals surface area contributed by atoms with E-state index in [-0.39, 0.29) is 0 Å². The van der Waals surface area contributed by atoms with Crippen LogP contribution in [0.4, 0.5) is 0 Å². The van der Waals surface area contributed by atoms with Crippen LogP contribution in [0.5, 0.6) is 0 Å². The molecular formula is C45H30N2. The predicted octanol–water partition coefficient (Wildman–Crippen LogP) is 12.0. The summed E-state index contributed by atoms with van der Waals surface area (Å²) in [6.07, 6.45) is 0. The number of benzene rings is 8. The minimum Gasteiger partial charge on any atom is -0.292 e. The maximum absolute atomic E-state index is 5.10. The van der Waals surface area contributed by atoms with Crippen LogP contribution in [-0.4, -0.2) is 9.55 Å². The van der Waals surface area contributed by atoms with E-state index in [0.29, 0.717) is 0 Å². The molecule has 2 nitrogen and oxygen atoms in total. The molecular weight excluding hydrogens is 569 g/mol. The Morgan fingerprint density at radius 2 is 0.809 bits per heavy atom. The smallest absolute Gasteiger partial charge is 0.145 e. The summed E-state index contributed by atoms with van der Waals surface area (Å²) in [5.41, 5.74) is 11.6. The number of imidazole rings is 1. The molecule has 9 rings (SSSR count). The van der Waals surface area contributed by atoms with Gasteiger partial charge in [0.15, 0.2) is 0 Å². The lowest BCUT2D eigenvalue weighted by Gasteiger charge is -2.19. The maximum atomic E-state index is 5.10. The zero-order valence-electron chi connectivity index (χ0n) is 25.7. The Morgan fingerprint density at radius 1 is 0.340 bits per heavy atom. The average molecular weight is 599 g/mol. The number of nitrogens with zero attached hydrogens (tertiary/aromatic N) is 2. The highest BCUT2D eigenvalue weighted by molar-refractivity contribution is 6.21. The third-order valence-electron chi connectivity index (χ3n) is 9.20. The van der Waals surface area contributed by atoms with Crippen LogP contribution in [0.15, 0.2) is 182 Å². The van der Waals surface area contributed by atoms with Crippen molar-refractivity contribution in [1.82, 2.24) is 9.55 Å². The van der Waals surface area contributed by atoms with E-state index in [4.69, 9.17) is 4.98 Å². The minimum atomic E-state index is 0.938. The standard InChI is InChI=1S/C45H30N2/c1-3-14-31(15-4-1)32-26-28-33(29-27-32)43-37-20-7-9-22-39(37)44(40-23-10-8-21-38(40)43)35-18-13-19-36(30-35)47-42-25-12-11-24-41(42)46-45(47)34-16-5-2-6-17-34/h1-30H. The molecule has 0 amide bonds. The van der Waals surface area contributed by atoms with Crippen molar-refractivity contribution in [3.05, 3.63) is 182 Å². The molecule has 220 valence electrons. The summed E-state index contributed by atoms with van der Waals surface area (Å²) in [5, 5.41) is 4.97. The fourth-order valence-corrected chi connectivity index (χ4v) is 7.08. The van der Waals surface area contributed by atoms with Gasteiger partial charge in [-0.25, -0.2) is 4.98 Å². The van der Waals surface area contributed by atoms with Gasteiger partial charge in [-0.2, -0.15) is 0 Å². The topological polar surface area (TPSA) is 17.8 Å².